The van der Waals surface area contributed by atoms with Crippen LogP contribution in [0.25, 0.3) is 0 Å². The molecule has 2 aromatic carbocycles. The molecule has 2 heterocycles. The Labute approximate surface area is 126 Å². The van der Waals surface area contributed by atoms with Crippen LogP contribution in [0.15, 0.2) is 58.6 Å². The molecule has 0 bridgehead atoms. The van der Waals surface area contributed by atoms with Crippen LogP contribution >= 0.6 is 11.6 Å². The number of carbonyl (C=O) groups excluding carboxylic acids is 1. The second-order valence-corrected chi connectivity index (χ2v) is 5.32. The fourth-order valence-electron chi connectivity index (χ4n) is 2.55. The third-order valence-corrected chi connectivity index (χ3v) is 3.84. The summed E-state index contributed by atoms with van der Waals surface area (Å²) in [7, 11) is 0. The van der Waals surface area contributed by atoms with E-state index in [2.05, 4.69) is 10.1 Å². The second-order valence-electron chi connectivity index (χ2n) is 4.88. The summed E-state index contributed by atoms with van der Waals surface area (Å²) in [5.41, 5.74) is 3.21. The number of halogens is 1. The van der Waals surface area contributed by atoms with Crippen molar-refractivity contribution in [1.82, 2.24) is 0 Å². The van der Waals surface area contributed by atoms with Gasteiger partial charge in [-0.25, -0.2) is 0 Å². The highest BCUT2D eigenvalue weighted by atomic mass is 35.5. The minimum absolute atomic E-state index is 0.0921. The van der Waals surface area contributed by atoms with E-state index in [0.717, 1.165) is 17.0 Å². The quantitative estimate of drug-likeness (QED) is 0.795. The van der Waals surface area contributed by atoms with Crippen molar-refractivity contribution < 1.29 is 4.79 Å². The molecular formula is C16H10ClN3O. The maximum Gasteiger partial charge on any atom is 0.262 e. The number of carbonyl (C=O) groups is 1. The molecule has 2 aliphatic rings. The average molecular weight is 296 g/mol. The molecule has 0 spiro atoms. The van der Waals surface area contributed by atoms with E-state index in [9.17, 15) is 4.79 Å². The average Bonchev–Trinajstić information content (AvgIpc) is 2.86. The normalized spacial score (nSPS) is 19.3. The van der Waals surface area contributed by atoms with Crippen LogP contribution in [0.4, 0.5) is 11.4 Å². The number of rotatable bonds is 1. The predicted molar refractivity (Wildman–Crippen MR) is 83.6 cm³/mol. The Bertz CT molecular complexity index is 795. The number of anilines is 1. The summed E-state index contributed by atoms with van der Waals surface area (Å²) in [6.07, 6.45) is 1.67. The fourth-order valence-corrected chi connectivity index (χ4v) is 2.67. The van der Waals surface area contributed by atoms with Gasteiger partial charge < -0.3 is 0 Å². The molecule has 0 fully saturated rings. The molecule has 102 valence electrons. The van der Waals surface area contributed by atoms with Crippen LogP contribution in [-0.4, -0.2) is 17.8 Å². The van der Waals surface area contributed by atoms with Gasteiger partial charge in [0.15, 0.2) is 0 Å². The van der Waals surface area contributed by atoms with E-state index >= 15 is 0 Å². The summed E-state index contributed by atoms with van der Waals surface area (Å²) in [6, 6.07) is 14.8. The molecule has 4 rings (SSSR count). The van der Waals surface area contributed by atoms with E-state index in [0.29, 0.717) is 10.7 Å². The standard InChI is InChI=1S/C16H10ClN3O/c17-10-5-7-11(8-6-10)20-16(21)13-9-18-14-4-2-1-3-12(14)15(13)19-20/h1-9,13H. The smallest absolute Gasteiger partial charge is 0.262 e. The first kappa shape index (κ1) is 12.3. The molecule has 4 nitrogen and oxygen atoms in total. The molecule has 1 atom stereocenters. The summed E-state index contributed by atoms with van der Waals surface area (Å²) < 4.78 is 0. The monoisotopic (exact) mass is 295 g/mol. The SMILES string of the molecule is O=C1C2C=Nc3ccccc3C2=NN1c1ccc(Cl)cc1. The molecule has 0 radical (unpaired) electrons. The molecule has 0 saturated carbocycles. The van der Waals surface area contributed by atoms with Gasteiger partial charge in [-0.1, -0.05) is 29.8 Å². The van der Waals surface area contributed by atoms with Gasteiger partial charge in [0.25, 0.3) is 5.91 Å². The second kappa shape index (κ2) is 4.53. The Morgan fingerprint density at radius 1 is 1.05 bits per heavy atom. The highest BCUT2D eigenvalue weighted by Gasteiger charge is 2.38. The molecule has 0 N–H and O–H groups in total. The van der Waals surface area contributed by atoms with E-state index in [4.69, 9.17) is 11.6 Å². The van der Waals surface area contributed by atoms with Crippen LogP contribution in [0.3, 0.4) is 0 Å². The molecule has 2 aromatic rings. The van der Waals surface area contributed by atoms with Gasteiger partial charge >= 0.3 is 0 Å². The molecule has 2 aliphatic heterocycles. The van der Waals surface area contributed by atoms with E-state index in [1.165, 1.54) is 5.01 Å². The molecule has 0 aliphatic carbocycles. The minimum Gasteiger partial charge on any atom is -0.271 e. The lowest BCUT2D eigenvalue weighted by Crippen LogP contribution is -2.29. The maximum absolute atomic E-state index is 12.5. The first-order chi connectivity index (χ1) is 10.2. The number of hydrogen-bond donors (Lipinski definition) is 0. The van der Waals surface area contributed by atoms with Crippen LogP contribution in [0, 0.1) is 5.92 Å². The van der Waals surface area contributed by atoms with Gasteiger partial charge in [0, 0.05) is 16.8 Å². The summed E-state index contributed by atoms with van der Waals surface area (Å²) in [5, 5.41) is 6.55. The van der Waals surface area contributed by atoms with E-state index in [-0.39, 0.29) is 5.91 Å². The highest BCUT2D eigenvalue weighted by Crippen LogP contribution is 2.33. The van der Waals surface area contributed by atoms with Gasteiger partial charge in [-0.05, 0) is 30.3 Å². The van der Waals surface area contributed by atoms with Crippen molar-refractivity contribution in [2.24, 2.45) is 16.0 Å². The molecule has 5 heteroatoms. The first-order valence-corrected chi connectivity index (χ1v) is 6.93. The number of hydrogen-bond acceptors (Lipinski definition) is 3. The van der Waals surface area contributed by atoms with Crippen LogP contribution in [0.5, 0.6) is 0 Å². The summed E-state index contributed by atoms with van der Waals surface area (Å²) >= 11 is 5.88. The third-order valence-electron chi connectivity index (χ3n) is 3.59. The predicted octanol–water partition coefficient (Wildman–Crippen LogP) is 3.42. The lowest BCUT2D eigenvalue weighted by atomic mass is 9.94. The highest BCUT2D eigenvalue weighted by molar-refractivity contribution is 6.32. The van der Waals surface area contributed by atoms with Crippen molar-refractivity contribution in [3.63, 3.8) is 0 Å². The van der Waals surface area contributed by atoms with Crippen LogP contribution in [0.1, 0.15) is 5.56 Å². The van der Waals surface area contributed by atoms with E-state index in [1.54, 1.807) is 30.5 Å². The Hall–Kier alpha value is -2.46. The van der Waals surface area contributed by atoms with Crippen molar-refractivity contribution >= 4 is 40.8 Å². The lowest BCUT2D eigenvalue weighted by molar-refractivity contribution is -0.118. The number of aliphatic imine (C=N–C) groups is 1. The van der Waals surface area contributed by atoms with Gasteiger partial charge in [-0.3, -0.25) is 9.79 Å². The van der Waals surface area contributed by atoms with Crippen molar-refractivity contribution in [2.45, 2.75) is 0 Å². The summed E-state index contributed by atoms with van der Waals surface area (Å²) in [6.45, 7) is 0. The molecular weight excluding hydrogens is 286 g/mol. The van der Waals surface area contributed by atoms with Gasteiger partial charge in [-0.15, -0.1) is 0 Å². The first-order valence-electron chi connectivity index (χ1n) is 6.56. The van der Waals surface area contributed by atoms with Gasteiger partial charge in [0.1, 0.15) is 5.92 Å². The lowest BCUT2D eigenvalue weighted by Gasteiger charge is -2.14. The Balaban J connectivity index is 1.81. The van der Waals surface area contributed by atoms with Crippen LogP contribution in [-0.2, 0) is 4.79 Å². The fraction of sp³-hybridized carbons (Fsp3) is 0.0625. The Morgan fingerprint density at radius 3 is 2.62 bits per heavy atom. The maximum atomic E-state index is 12.5. The van der Waals surface area contributed by atoms with Crippen LogP contribution in [0.2, 0.25) is 5.02 Å². The summed E-state index contributed by atoms with van der Waals surface area (Å²) in [5.74, 6) is -0.499. The minimum atomic E-state index is -0.407. The van der Waals surface area contributed by atoms with Gasteiger partial charge in [-0.2, -0.15) is 10.1 Å². The van der Waals surface area contributed by atoms with Crippen molar-refractivity contribution in [3.8, 4) is 0 Å². The zero-order valence-electron chi connectivity index (χ0n) is 10.9. The number of nitrogens with zero attached hydrogens (tertiary/aromatic N) is 3. The number of para-hydroxylation sites is 1. The molecule has 1 amide bonds. The van der Waals surface area contributed by atoms with Crippen LogP contribution < -0.4 is 5.01 Å². The largest absolute Gasteiger partial charge is 0.271 e. The third kappa shape index (κ3) is 1.87. The number of hydrazone groups is 1. The number of fused-ring (bicyclic) bond motifs is 3. The van der Waals surface area contributed by atoms with Crippen molar-refractivity contribution in [1.29, 1.82) is 0 Å². The number of benzene rings is 2. The summed E-state index contributed by atoms with van der Waals surface area (Å²) in [4.78, 5) is 16.9. The van der Waals surface area contributed by atoms with E-state index in [1.807, 2.05) is 24.3 Å². The molecule has 0 aromatic heterocycles. The molecule has 0 saturated heterocycles. The zero-order valence-corrected chi connectivity index (χ0v) is 11.7. The topological polar surface area (TPSA) is 45.0 Å². The Morgan fingerprint density at radius 2 is 1.81 bits per heavy atom. The van der Waals surface area contributed by atoms with Gasteiger partial charge in [0.05, 0.1) is 17.1 Å². The Kier molecular flexibility index (Phi) is 2.65. The zero-order chi connectivity index (χ0) is 14.4. The molecule has 1 unspecified atom stereocenters. The van der Waals surface area contributed by atoms with Crippen molar-refractivity contribution in [2.75, 3.05) is 5.01 Å². The van der Waals surface area contributed by atoms with Gasteiger partial charge in [0.2, 0.25) is 0 Å². The molecule has 21 heavy (non-hydrogen) atoms. The van der Waals surface area contributed by atoms with E-state index < -0.39 is 5.92 Å². The number of amides is 1. The van der Waals surface area contributed by atoms with Crippen molar-refractivity contribution in [3.05, 3.63) is 59.1 Å².